The number of carbonyl (C=O) groups is 5. The first-order valence-corrected chi connectivity index (χ1v) is 16.6. The Morgan fingerprint density at radius 3 is 2.08 bits per heavy atom. The highest BCUT2D eigenvalue weighted by Crippen LogP contribution is 2.23. The number of carbonyl (C=O) groups excluding carboxylic acids is 5. The van der Waals surface area contributed by atoms with Crippen LogP contribution in [0.2, 0.25) is 0 Å². The molecule has 0 aliphatic carbocycles. The molecule has 1 aliphatic rings. The third-order valence-corrected chi connectivity index (χ3v) is 8.19. The molecule has 280 valence electrons. The number of amides is 3. The number of rotatable bonds is 17. The van der Waals surface area contributed by atoms with Crippen molar-refractivity contribution in [2.24, 2.45) is 5.16 Å². The van der Waals surface area contributed by atoms with E-state index in [4.69, 9.17) is 30.7 Å². The Morgan fingerprint density at radius 1 is 0.981 bits per heavy atom. The van der Waals surface area contributed by atoms with Gasteiger partial charge in [0.2, 0.25) is 11.5 Å². The first-order valence-electron chi connectivity index (χ1n) is 15.2. The topological polar surface area (TPSA) is 261 Å². The molecule has 20 nitrogen and oxygen atoms in total. The number of alkyl halides is 1. The van der Waals surface area contributed by atoms with Crippen LogP contribution in [-0.2, 0) is 56.3 Å². The fraction of sp³-hybridized carbons (Fsp3) is 0.323. The number of hydrogen-bond acceptors (Lipinski definition) is 16. The molecule has 1 aromatic heterocycles. The fourth-order valence-electron chi connectivity index (χ4n) is 4.24. The predicted molar refractivity (Wildman–Crippen MR) is 183 cm³/mol. The molecule has 2 atom stereocenters. The van der Waals surface area contributed by atoms with Crippen LogP contribution in [0, 0.1) is 20.2 Å². The number of esters is 2. The van der Waals surface area contributed by atoms with Crippen molar-refractivity contribution in [3.8, 4) is 0 Å². The zero-order chi connectivity index (χ0) is 38.9. The highest BCUT2D eigenvalue weighted by Gasteiger charge is 2.47. The summed E-state index contributed by atoms with van der Waals surface area (Å²) in [5, 5.41) is 32.7. The fourth-order valence-corrected chi connectivity index (χ4v) is 5.02. The SMILES string of the molecule is C[C@H]1[C@H](NC(=O)C(=NOC(C)(C)C(=O)OCc2ccc([N+](=O)[O-])cc2)c2csc(NC(=O)CCl)n2)C(=O)N1OCC(=O)OCc1ccc([N+](=O)[O-])cc1. The molecule has 0 unspecified atom stereocenters. The van der Waals surface area contributed by atoms with Crippen LogP contribution in [0.5, 0.6) is 0 Å². The largest absolute Gasteiger partial charge is 0.459 e. The monoisotopic (exact) mass is 775 g/mol. The lowest BCUT2D eigenvalue weighted by molar-refractivity contribution is -0.385. The number of anilines is 1. The summed E-state index contributed by atoms with van der Waals surface area (Å²) in [6, 6.07) is 8.73. The van der Waals surface area contributed by atoms with Gasteiger partial charge in [-0.25, -0.2) is 19.6 Å². The number of nitro benzene ring substituents is 2. The van der Waals surface area contributed by atoms with Crippen LogP contribution in [0.3, 0.4) is 0 Å². The van der Waals surface area contributed by atoms with Crippen LogP contribution in [0.15, 0.2) is 59.1 Å². The number of nitrogens with zero attached hydrogens (tertiary/aromatic N) is 5. The van der Waals surface area contributed by atoms with Crippen molar-refractivity contribution in [1.82, 2.24) is 15.4 Å². The normalized spacial score (nSPS) is 15.5. The molecular formula is C31H30ClN7O13S. The molecule has 0 radical (unpaired) electrons. The van der Waals surface area contributed by atoms with Gasteiger partial charge in [-0.05, 0) is 56.2 Å². The van der Waals surface area contributed by atoms with Gasteiger partial charge in [-0.15, -0.1) is 22.9 Å². The number of hydrogen-bond donors (Lipinski definition) is 2. The van der Waals surface area contributed by atoms with Crippen LogP contribution in [0.4, 0.5) is 16.5 Å². The number of nitro groups is 2. The van der Waals surface area contributed by atoms with Gasteiger partial charge in [-0.2, -0.15) is 0 Å². The third kappa shape index (κ3) is 10.5. The number of nitrogens with one attached hydrogen (secondary N) is 2. The summed E-state index contributed by atoms with van der Waals surface area (Å²) in [4.78, 5) is 98.6. The van der Waals surface area contributed by atoms with Crippen LogP contribution in [-0.4, -0.2) is 85.4 Å². The Hall–Kier alpha value is -6.06. The molecule has 2 N–H and O–H groups in total. The van der Waals surface area contributed by atoms with Crippen molar-refractivity contribution in [2.45, 2.75) is 51.7 Å². The number of halogens is 1. The summed E-state index contributed by atoms with van der Waals surface area (Å²) in [5.41, 5.74) is -1.71. The summed E-state index contributed by atoms with van der Waals surface area (Å²) in [6.45, 7) is 3.02. The van der Waals surface area contributed by atoms with Crippen molar-refractivity contribution in [1.29, 1.82) is 0 Å². The highest BCUT2D eigenvalue weighted by atomic mass is 35.5. The zero-order valence-corrected chi connectivity index (χ0v) is 29.6. The summed E-state index contributed by atoms with van der Waals surface area (Å²) in [6.07, 6.45) is 0. The zero-order valence-electron chi connectivity index (χ0n) is 28.0. The van der Waals surface area contributed by atoms with Crippen LogP contribution in [0.1, 0.15) is 37.6 Å². The maximum absolute atomic E-state index is 13.5. The number of β-lactam (4-membered cyclic amide) rings is 1. The van der Waals surface area contributed by atoms with E-state index in [0.29, 0.717) is 11.1 Å². The molecule has 2 aromatic carbocycles. The number of hydroxylamine groups is 2. The first kappa shape index (κ1) is 39.7. The second-order valence-electron chi connectivity index (χ2n) is 11.5. The van der Waals surface area contributed by atoms with Crippen LogP contribution < -0.4 is 10.6 Å². The van der Waals surface area contributed by atoms with Crippen molar-refractivity contribution in [3.05, 3.63) is 91.0 Å². The van der Waals surface area contributed by atoms with Crippen molar-refractivity contribution in [3.63, 3.8) is 0 Å². The average molecular weight is 776 g/mol. The quantitative estimate of drug-likeness (QED) is 0.0499. The van der Waals surface area contributed by atoms with Gasteiger partial charge in [0.25, 0.3) is 23.2 Å². The molecule has 2 heterocycles. The summed E-state index contributed by atoms with van der Waals surface area (Å²) >= 11 is 6.47. The smallest absolute Gasteiger partial charge is 0.353 e. The molecule has 0 bridgehead atoms. The van der Waals surface area contributed by atoms with Gasteiger partial charge in [-0.3, -0.25) is 39.4 Å². The third-order valence-electron chi connectivity index (χ3n) is 7.19. The second kappa shape index (κ2) is 17.4. The van der Waals surface area contributed by atoms with E-state index in [1.54, 1.807) is 0 Å². The van der Waals surface area contributed by atoms with Gasteiger partial charge in [0.15, 0.2) is 17.5 Å². The minimum atomic E-state index is -1.78. The van der Waals surface area contributed by atoms with Gasteiger partial charge in [0, 0.05) is 29.6 Å². The number of aromatic nitrogens is 1. The molecule has 4 rings (SSSR count). The number of benzene rings is 2. The molecule has 53 heavy (non-hydrogen) atoms. The van der Waals surface area contributed by atoms with E-state index in [0.717, 1.165) is 16.4 Å². The molecule has 3 amide bonds. The van der Waals surface area contributed by atoms with Crippen LogP contribution in [0.25, 0.3) is 0 Å². The number of thiazole rings is 1. The van der Waals surface area contributed by atoms with Gasteiger partial charge >= 0.3 is 11.9 Å². The van der Waals surface area contributed by atoms with E-state index >= 15 is 0 Å². The number of non-ortho nitro benzene ring substituents is 2. The molecule has 0 saturated carbocycles. The Kier molecular flexibility index (Phi) is 13.1. The lowest BCUT2D eigenvalue weighted by atomic mass is 10.00. The number of oxime groups is 1. The van der Waals surface area contributed by atoms with E-state index in [1.807, 2.05) is 0 Å². The molecule has 22 heteroatoms. The minimum absolute atomic E-state index is 0.0565. The summed E-state index contributed by atoms with van der Waals surface area (Å²) < 4.78 is 10.4. The highest BCUT2D eigenvalue weighted by molar-refractivity contribution is 7.14. The Morgan fingerprint density at radius 2 is 1.55 bits per heavy atom. The van der Waals surface area contributed by atoms with Crippen molar-refractivity contribution in [2.75, 3.05) is 17.8 Å². The lowest BCUT2D eigenvalue weighted by Crippen LogP contribution is -2.70. The van der Waals surface area contributed by atoms with Crippen molar-refractivity contribution < 1.29 is 53.0 Å². The lowest BCUT2D eigenvalue weighted by Gasteiger charge is -2.43. The van der Waals surface area contributed by atoms with E-state index in [1.165, 1.54) is 74.7 Å². The van der Waals surface area contributed by atoms with E-state index in [-0.39, 0.29) is 41.3 Å². The van der Waals surface area contributed by atoms with Gasteiger partial charge < -0.3 is 24.9 Å². The second-order valence-corrected chi connectivity index (χ2v) is 12.6. The Labute approximate surface area is 308 Å². The standard InChI is InChI=1S/C31H30ClN7O13S/c1-17-25(28(43)37(17)51-15-24(41)49-13-18-4-8-20(9-5-18)38(45)46)35-27(42)26(22-16-53-30(33-22)34-23(40)12-32)36-52-31(2,3)29(44)50-14-19-6-10-21(11-7-19)39(47)48/h4-11,16-17,25H,12-15H2,1-3H3,(H,35,42)(H,33,34,40)/t17-,25-/m0/s1. The van der Waals surface area contributed by atoms with Crippen LogP contribution >= 0.6 is 22.9 Å². The maximum Gasteiger partial charge on any atom is 0.353 e. The first-order chi connectivity index (χ1) is 25.1. The molecule has 3 aromatic rings. The van der Waals surface area contributed by atoms with E-state index in [2.05, 4.69) is 20.8 Å². The molecular weight excluding hydrogens is 746 g/mol. The summed E-state index contributed by atoms with van der Waals surface area (Å²) in [5.74, 6) is -4.38. The summed E-state index contributed by atoms with van der Waals surface area (Å²) in [7, 11) is 0. The molecule has 1 fully saturated rings. The molecule has 1 saturated heterocycles. The van der Waals surface area contributed by atoms with Crippen molar-refractivity contribution >= 4 is 74.8 Å². The van der Waals surface area contributed by atoms with Gasteiger partial charge in [-0.1, -0.05) is 5.16 Å². The van der Waals surface area contributed by atoms with E-state index in [9.17, 15) is 44.2 Å². The molecule has 0 spiro atoms. The maximum atomic E-state index is 13.5. The minimum Gasteiger partial charge on any atom is -0.459 e. The Bertz CT molecular complexity index is 1920. The van der Waals surface area contributed by atoms with E-state index < -0.39 is 69.5 Å². The predicted octanol–water partition coefficient (Wildman–Crippen LogP) is 2.77. The molecule has 1 aliphatic heterocycles. The average Bonchev–Trinajstić information content (AvgIpc) is 3.59. The van der Waals surface area contributed by atoms with Gasteiger partial charge in [0.1, 0.15) is 30.8 Å². The number of ether oxygens (including phenoxy) is 2. The Balaban J connectivity index is 1.38. The van der Waals surface area contributed by atoms with Gasteiger partial charge in [0.05, 0.1) is 15.9 Å².